The Morgan fingerprint density at radius 3 is 3.15 bits per heavy atom. The maximum atomic E-state index is 11.2. The van der Waals surface area contributed by atoms with Gasteiger partial charge in [0.2, 0.25) is 5.28 Å². The Hall–Kier alpha value is -0.750. The summed E-state index contributed by atoms with van der Waals surface area (Å²) in [6.45, 7) is 0.541. The van der Waals surface area contributed by atoms with Crippen molar-refractivity contribution in [2.45, 2.75) is 18.9 Å². The van der Waals surface area contributed by atoms with Crippen LogP contribution < -0.4 is 0 Å². The van der Waals surface area contributed by atoms with Gasteiger partial charge in [-0.25, -0.2) is 0 Å². The van der Waals surface area contributed by atoms with Crippen molar-refractivity contribution in [2.24, 2.45) is 5.28 Å². The molecule has 1 aliphatic heterocycles. The van der Waals surface area contributed by atoms with E-state index in [0.717, 1.165) is 12.8 Å². The Balaban J connectivity index is 2.49. The average Bonchev–Trinajstić information content (AvgIpc) is 2.61. The van der Waals surface area contributed by atoms with E-state index in [9.17, 15) is 5.21 Å². The molecule has 1 aliphatic rings. The van der Waals surface area contributed by atoms with E-state index >= 15 is 0 Å². The van der Waals surface area contributed by atoms with E-state index in [1.807, 2.05) is 0 Å². The van der Waals surface area contributed by atoms with Crippen LogP contribution in [0.3, 0.4) is 0 Å². The van der Waals surface area contributed by atoms with Gasteiger partial charge in [0.25, 0.3) is 0 Å². The molecule has 76 valence electrons. The number of aliphatic hydroxyl groups is 1. The maximum Gasteiger partial charge on any atom is 0.234 e. The lowest BCUT2D eigenvalue weighted by molar-refractivity contribution is -0.714. The van der Waals surface area contributed by atoms with Crippen LogP contribution in [0.1, 0.15) is 12.8 Å². The minimum Gasteiger partial charge on any atom is -0.569 e. The summed E-state index contributed by atoms with van der Waals surface area (Å²) in [6.07, 6.45) is 1.67. The van der Waals surface area contributed by atoms with E-state index in [1.54, 1.807) is 0 Å². The predicted octanol–water partition coefficient (Wildman–Crippen LogP) is 0.449. The van der Waals surface area contributed by atoms with Gasteiger partial charge in [-0.05, 0) is 12.8 Å². The maximum absolute atomic E-state index is 11.2. The quantitative estimate of drug-likeness (QED) is 0.316. The summed E-state index contributed by atoms with van der Waals surface area (Å²) in [7, 11) is 0. The summed E-state index contributed by atoms with van der Waals surface area (Å²) < 4.78 is 0. The zero-order chi connectivity index (χ0) is 9.68. The highest BCUT2D eigenvalue weighted by atomic mass is 35.5. The van der Waals surface area contributed by atoms with E-state index in [0.29, 0.717) is 11.5 Å². The van der Waals surface area contributed by atoms with Crippen molar-refractivity contribution in [1.29, 1.82) is 0 Å². The third-order valence-electron chi connectivity index (χ3n) is 1.95. The Morgan fingerprint density at radius 2 is 2.54 bits per heavy atom. The molecule has 1 heterocycles. The molecule has 0 bridgehead atoms. The Kier molecular flexibility index (Phi) is 4.04. The third-order valence-corrected chi connectivity index (χ3v) is 2.05. The standard InChI is InChI=1S/C6H12ClN3O3/c7-5-13-8-10(12)9-3-1-2-6(9)4-11/h6,11H,1-5H2/b10-8-/t6-/m0/s1. The second-order valence-corrected chi connectivity index (χ2v) is 2.93. The molecule has 6 nitrogen and oxygen atoms in total. The van der Waals surface area contributed by atoms with Gasteiger partial charge >= 0.3 is 0 Å². The van der Waals surface area contributed by atoms with Crippen molar-refractivity contribution >= 4 is 11.6 Å². The molecule has 0 aromatic rings. The smallest absolute Gasteiger partial charge is 0.234 e. The molecular weight excluding hydrogens is 198 g/mol. The normalized spacial score (nSPS) is 23.7. The summed E-state index contributed by atoms with van der Waals surface area (Å²) in [4.78, 5) is 4.72. The second-order valence-electron chi connectivity index (χ2n) is 2.71. The number of hydrogen-bond donors (Lipinski definition) is 1. The van der Waals surface area contributed by atoms with Crippen molar-refractivity contribution in [1.82, 2.24) is 5.01 Å². The van der Waals surface area contributed by atoms with Gasteiger partial charge in [0.1, 0.15) is 6.04 Å². The monoisotopic (exact) mass is 209 g/mol. The number of aliphatic hydroxyl groups excluding tert-OH is 1. The van der Waals surface area contributed by atoms with Gasteiger partial charge in [0.05, 0.1) is 18.1 Å². The van der Waals surface area contributed by atoms with Gasteiger partial charge in [-0.3, -0.25) is 0 Å². The first-order chi connectivity index (χ1) is 6.29. The second kappa shape index (κ2) is 5.08. The fourth-order valence-corrected chi connectivity index (χ4v) is 1.39. The van der Waals surface area contributed by atoms with Crippen LogP contribution in [0.5, 0.6) is 0 Å². The van der Waals surface area contributed by atoms with Gasteiger partial charge in [0, 0.05) is 0 Å². The van der Waals surface area contributed by atoms with Gasteiger partial charge in [-0.15, -0.1) is 5.01 Å². The van der Waals surface area contributed by atoms with Crippen LogP contribution in [0.25, 0.3) is 0 Å². The molecule has 0 radical (unpaired) electrons. The van der Waals surface area contributed by atoms with E-state index in [1.165, 1.54) is 5.01 Å². The van der Waals surface area contributed by atoms with Crippen molar-refractivity contribution < 1.29 is 14.9 Å². The SMILES string of the molecule is [O-]/[N+](=N\OCCl)N1CCC[C@H]1CO. The van der Waals surface area contributed by atoms with Crippen molar-refractivity contribution in [3.63, 3.8) is 0 Å². The molecule has 1 atom stereocenters. The fraction of sp³-hybridized carbons (Fsp3) is 1.00. The minimum absolute atomic E-state index is 0.0465. The molecule has 0 aromatic carbocycles. The van der Waals surface area contributed by atoms with Crippen LogP contribution in [-0.4, -0.2) is 40.3 Å². The molecule has 1 N–H and O–H groups in total. The lowest BCUT2D eigenvalue weighted by atomic mass is 10.2. The molecule has 1 saturated heterocycles. The molecule has 0 unspecified atom stereocenters. The van der Waals surface area contributed by atoms with Crippen molar-refractivity contribution in [3.05, 3.63) is 5.21 Å². The Bertz CT molecular complexity index is 190. The topological polar surface area (TPSA) is 71.1 Å². The summed E-state index contributed by atoms with van der Waals surface area (Å²) in [5.74, 6) is 0. The van der Waals surface area contributed by atoms with Crippen molar-refractivity contribution in [3.8, 4) is 0 Å². The largest absolute Gasteiger partial charge is 0.569 e. The van der Waals surface area contributed by atoms with Crippen LogP contribution in [0.4, 0.5) is 0 Å². The number of alkyl halides is 1. The first kappa shape index (κ1) is 10.3. The van der Waals surface area contributed by atoms with Gasteiger partial charge < -0.3 is 15.2 Å². The Labute approximate surface area is 80.9 Å². The van der Waals surface area contributed by atoms with Gasteiger partial charge in [0.15, 0.2) is 6.07 Å². The minimum atomic E-state index is -0.156. The van der Waals surface area contributed by atoms with E-state index in [-0.39, 0.29) is 18.7 Å². The lowest BCUT2D eigenvalue weighted by Crippen LogP contribution is -2.37. The summed E-state index contributed by atoms with van der Waals surface area (Å²) in [6, 6.07) is -0.309. The lowest BCUT2D eigenvalue weighted by Gasteiger charge is -2.17. The van der Waals surface area contributed by atoms with Gasteiger partial charge in [-0.2, -0.15) is 0 Å². The van der Waals surface area contributed by atoms with Crippen LogP contribution >= 0.6 is 11.6 Å². The number of hydrogen-bond acceptors (Lipinski definition) is 4. The average molecular weight is 210 g/mol. The third kappa shape index (κ3) is 2.60. The van der Waals surface area contributed by atoms with Crippen LogP contribution in [0, 0.1) is 5.21 Å². The summed E-state index contributed by atoms with van der Waals surface area (Å²) in [5, 5.41) is 24.6. The molecule has 0 aromatic heterocycles. The molecule has 1 fully saturated rings. The highest BCUT2D eigenvalue weighted by molar-refractivity contribution is 6.17. The van der Waals surface area contributed by atoms with Crippen molar-refractivity contribution in [2.75, 3.05) is 19.2 Å². The highest BCUT2D eigenvalue weighted by Crippen LogP contribution is 2.16. The summed E-state index contributed by atoms with van der Waals surface area (Å²) >= 11 is 5.17. The Morgan fingerprint density at radius 1 is 1.77 bits per heavy atom. The predicted molar refractivity (Wildman–Crippen MR) is 44.7 cm³/mol. The first-order valence-electron chi connectivity index (χ1n) is 4.03. The van der Waals surface area contributed by atoms with Crippen LogP contribution in [0.15, 0.2) is 5.28 Å². The zero-order valence-corrected chi connectivity index (χ0v) is 7.85. The zero-order valence-electron chi connectivity index (χ0n) is 7.10. The molecule has 0 spiro atoms. The van der Waals surface area contributed by atoms with Gasteiger partial charge in [-0.1, -0.05) is 11.6 Å². The van der Waals surface area contributed by atoms with E-state index in [2.05, 4.69) is 10.1 Å². The molecule has 1 rings (SSSR count). The highest BCUT2D eigenvalue weighted by Gasteiger charge is 2.30. The number of nitrogens with zero attached hydrogens (tertiary/aromatic N) is 3. The molecule has 0 amide bonds. The van der Waals surface area contributed by atoms with E-state index in [4.69, 9.17) is 16.7 Å². The van der Waals surface area contributed by atoms with E-state index < -0.39 is 0 Å². The molecule has 0 aliphatic carbocycles. The van der Waals surface area contributed by atoms with Crippen LogP contribution in [0.2, 0.25) is 0 Å². The molecule has 13 heavy (non-hydrogen) atoms. The first-order valence-corrected chi connectivity index (χ1v) is 4.56. The molecular formula is C6H12ClN3O3. The number of halogens is 1. The fourth-order valence-electron chi connectivity index (χ4n) is 1.35. The van der Waals surface area contributed by atoms with Crippen LogP contribution in [-0.2, 0) is 4.84 Å². The number of hydrazine groups is 1. The molecule has 0 saturated carbocycles. The summed E-state index contributed by atoms with van der Waals surface area (Å²) in [5.41, 5.74) is 0. The number of rotatable bonds is 4. The molecule has 7 heteroatoms.